The fraction of sp³-hybridized carbons (Fsp3) is 0.250. The number of rotatable bonds is 2. The minimum atomic E-state index is -4.44. The molecule has 1 aromatic carbocycles. The van der Waals surface area contributed by atoms with Gasteiger partial charge in [0.05, 0.1) is 5.56 Å². The normalized spacial score (nSPS) is 13.7. The molecule has 0 saturated carbocycles. The molecule has 1 aromatic rings. The van der Waals surface area contributed by atoms with E-state index in [1.54, 1.807) is 0 Å². The van der Waals surface area contributed by atoms with Gasteiger partial charge in [-0.25, -0.2) is 0 Å². The molecule has 2 nitrogen and oxygen atoms in total. The van der Waals surface area contributed by atoms with Crippen LogP contribution in [-0.2, 0) is 6.18 Å². The van der Waals surface area contributed by atoms with E-state index in [-0.39, 0.29) is 5.56 Å². The summed E-state index contributed by atoms with van der Waals surface area (Å²) in [6.07, 6.45) is -4.44. The average molecular weight is 224 g/mol. The van der Waals surface area contributed by atoms with Crippen molar-refractivity contribution in [1.29, 1.82) is 0 Å². The zero-order chi connectivity index (χ0) is 10.8. The minimum absolute atomic E-state index is 0.0384. The first-order chi connectivity index (χ1) is 6.45. The zero-order valence-corrected chi connectivity index (χ0v) is 7.51. The van der Waals surface area contributed by atoms with E-state index >= 15 is 0 Å². The van der Waals surface area contributed by atoms with E-state index in [9.17, 15) is 18.1 Å². The van der Waals surface area contributed by atoms with Gasteiger partial charge >= 0.3 is 6.18 Å². The van der Waals surface area contributed by atoms with Crippen LogP contribution in [0.3, 0.4) is 0 Å². The van der Waals surface area contributed by atoms with Crippen LogP contribution in [0.25, 0.3) is 0 Å². The van der Waals surface area contributed by atoms with E-state index in [1.165, 1.54) is 12.1 Å². The highest BCUT2D eigenvalue weighted by molar-refractivity contribution is 6.20. The number of alkyl halides is 4. The van der Waals surface area contributed by atoms with Gasteiger partial charge in [0.15, 0.2) is 5.50 Å². The molecule has 0 radical (unpaired) electrons. The zero-order valence-electron chi connectivity index (χ0n) is 6.75. The van der Waals surface area contributed by atoms with E-state index in [0.29, 0.717) is 0 Å². The van der Waals surface area contributed by atoms with Gasteiger partial charge in [0.2, 0.25) is 0 Å². The first-order valence-electron chi connectivity index (χ1n) is 3.59. The lowest BCUT2D eigenvalue weighted by atomic mass is 10.1. The molecule has 1 rings (SSSR count). The third-order valence-electron chi connectivity index (χ3n) is 1.58. The molecule has 76 valence electrons. The highest BCUT2D eigenvalue weighted by Gasteiger charge is 2.30. The van der Waals surface area contributed by atoms with Crippen molar-refractivity contribution in [2.75, 3.05) is 0 Å². The quantitative estimate of drug-likeness (QED) is 0.427. The Hall–Kier alpha value is -1.10. The maximum Gasteiger partial charge on any atom is 0.416 e. The monoisotopic (exact) mass is 223 g/mol. The Morgan fingerprint density at radius 3 is 2.50 bits per heavy atom. The Labute approximate surface area is 82.7 Å². The molecule has 0 heterocycles. The van der Waals surface area contributed by atoms with Crippen molar-refractivity contribution in [3.8, 4) is 0 Å². The van der Waals surface area contributed by atoms with Crippen LogP contribution < -0.4 is 0 Å². The van der Waals surface area contributed by atoms with Crippen molar-refractivity contribution in [3.05, 3.63) is 40.3 Å². The fourth-order valence-corrected chi connectivity index (χ4v) is 1.06. The van der Waals surface area contributed by atoms with Crippen LogP contribution in [0.1, 0.15) is 16.6 Å². The van der Waals surface area contributed by atoms with Gasteiger partial charge in [-0.2, -0.15) is 13.2 Å². The maximum absolute atomic E-state index is 12.2. The van der Waals surface area contributed by atoms with Crippen LogP contribution in [0, 0.1) is 4.91 Å². The van der Waals surface area contributed by atoms with Gasteiger partial charge in [-0.15, -0.1) is 4.91 Å². The Balaban J connectivity index is 3.07. The van der Waals surface area contributed by atoms with E-state index in [0.717, 1.165) is 12.1 Å². The number of halogens is 4. The molecule has 0 spiro atoms. The molecule has 0 fully saturated rings. The highest BCUT2D eigenvalue weighted by Crippen LogP contribution is 2.32. The summed E-state index contributed by atoms with van der Waals surface area (Å²) in [5.41, 5.74) is -2.09. The molecule has 0 aromatic heterocycles. The molecule has 1 unspecified atom stereocenters. The third-order valence-corrected chi connectivity index (χ3v) is 1.91. The smallest absolute Gasteiger partial charge is 0.166 e. The molecule has 0 aliphatic carbocycles. The maximum atomic E-state index is 12.2. The van der Waals surface area contributed by atoms with E-state index in [2.05, 4.69) is 5.18 Å². The number of hydrogen-bond donors (Lipinski definition) is 0. The first kappa shape index (κ1) is 11.0. The molecular formula is C8H5ClF3NO. The minimum Gasteiger partial charge on any atom is -0.166 e. The van der Waals surface area contributed by atoms with E-state index in [1.807, 2.05) is 0 Å². The second-order valence-corrected chi connectivity index (χ2v) is 2.98. The predicted octanol–water partition coefficient (Wildman–Crippen LogP) is 3.71. The summed E-state index contributed by atoms with van der Waals surface area (Å²) in [7, 11) is 0. The molecule has 6 heteroatoms. The summed E-state index contributed by atoms with van der Waals surface area (Å²) in [6, 6.07) is 4.20. The Bertz CT molecular complexity index is 340. The Morgan fingerprint density at radius 1 is 1.36 bits per heavy atom. The van der Waals surface area contributed by atoms with Gasteiger partial charge < -0.3 is 0 Å². The SMILES string of the molecule is O=NC(Cl)c1cccc(C(F)(F)F)c1. The van der Waals surface area contributed by atoms with Gasteiger partial charge in [0.1, 0.15) is 0 Å². The summed E-state index contributed by atoms with van der Waals surface area (Å²) in [6.45, 7) is 0. The summed E-state index contributed by atoms with van der Waals surface area (Å²) in [4.78, 5) is 10.0. The van der Waals surface area contributed by atoms with Gasteiger partial charge in [0.25, 0.3) is 0 Å². The number of nitrogens with zero attached hydrogens (tertiary/aromatic N) is 1. The van der Waals surface area contributed by atoms with Crippen LogP contribution in [0.2, 0.25) is 0 Å². The summed E-state index contributed by atoms with van der Waals surface area (Å²) < 4.78 is 36.6. The van der Waals surface area contributed by atoms with Crippen molar-refractivity contribution in [2.24, 2.45) is 5.18 Å². The van der Waals surface area contributed by atoms with Crippen molar-refractivity contribution in [2.45, 2.75) is 11.7 Å². The first-order valence-corrected chi connectivity index (χ1v) is 4.02. The standard InChI is InChI=1S/C8H5ClF3NO/c9-7(13-14)5-2-1-3-6(4-5)8(10,11)12/h1-4,7H. The van der Waals surface area contributed by atoms with E-state index < -0.39 is 17.2 Å². The van der Waals surface area contributed by atoms with Gasteiger partial charge in [-0.3, -0.25) is 0 Å². The van der Waals surface area contributed by atoms with Crippen molar-refractivity contribution in [3.63, 3.8) is 0 Å². The van der Waals surface area contributed by atoms with Crippen molar-refractivity contribution < 1.29 is 13.2 Å². The summed E-state index contributed by atoms with van der Waals surface area (Å²) in [5, 5.41) is 2.43. The summed E-state index contributed by atoms with van der Waals surface area (Å²) in [5.74, 6) is 0. The lowest BCUT2D eigenvalue weighted by Crippen LogP contribution is -2.05. The van der Waals surface area contributed by atoms with Crippen LogP contribution >= 0.6 is 11.6 Å². The van der Waals surface area contributed by atoms with Crippen molar-refractivity contribution in [1.82, 2.24) is 0 Å². The topological polar surface area (TPSA) is 29.4 Å². The Morgan fingerprint density at radius 2 is 2.00 bits per heavy atom. The molecule has 0 bridgehead atoms. The molecular weight excluding hydrogens is 219 g/mol. The molecule has 0 N–H and O–H groups in total. The number of hydrogen-bond acceptors (Lipinski definition) is 2. The molecule has 0 saturated heterocycles. The van der Waals surface area contributed by atoms with Gasteiger partial charge in [-0.05, 0) is 22.9 Å². The molecule has 0 aliphatic heterocycles. The fourth-order valence-electron chi connectivity index (χ4n) is 0.924. The number of nitroso groups, excluding NO2 is 1. The van der Waals surface area contributed by atoms with Crippen LogP contribution in [0.5, 0.6) is 0 Å². The second kappa shape index (κ2) is 3.96. The van der Waals surface area contributed by atoms with Gasteiger partial charge in [-0.1, -0.05) is 23.7 Å². The van der Waals surface area contributed by atoms with Gasteiger partial charge in [0, 0.05) is 0 Å². The third kappa shape index (κ3) is 2.45. The second-order valence-electron chi connectivity index (χ2n) is 2.56. The Kier molecular flexibility index (Phi) is 3.10. The van der Waals surface area contributed by atoms with Crippen LogP contribution in [-0.4, -0.2) is 0 Å². The molecule has 0 aliphatic rings. The predicted molar refractivity (Wildman–Crippen MR) is 45.8 cm³/mol. The average Bonchev–Trinajstić information content (AvgIpc) is 2.15. The van der Waals surface area contributed by atoms with E-state index in [4.69, 9.17) is 11.6 Å². The van der Waals surface area contributed by atoms with Crippen LogP contribution in [0.4, 0.5) is 13.2 Å². The van der Waals surface area contributed by atoms with Crippen LogP contribution in [0.15, 0.2) is 29.4 Å². The molecule has 1 atom stereocenters. The van der Waals surface area contributed by atoms with Crippen molar-refractivity contribution >= 4 is 11.6 Å². The largest absolute Gasteiger partial charge is 0.416 e. The molecule has 0 amide bonds. The number of benzene rings is 1. The molecule has 14 heavy (non-hydrogen) atoms. The summed E-state index contributed by atoms with van der Waals surface area (Å²) >= 11 is 5.37. The lowest BCUT2D eigenvalue weighted by molar-refractivity contribution is -0.137. The highest BCUT2D eigenvalue weighted by atomic mass is 35.5. The lowest BCUT2D eigenvalue weighted by Gasteiger charge is -2.08.